The third-order valence-electron chi connectivity index (χ3n) is 4.62. The van der Waals surface area contributed by atoms with Gasteiger partial charge in [-0.25, -0.2) is 0 Å². The largest absolute Gasteiger partial charge is 0.382 e. The molecular formula is C16H23N5O2. The molecule has 0 radical (unpaired) electrons. The average molecular weight is 317 g/mol. The first-order valence-corrected chi connectivity index (χ1v) is 8.43. The minimum Gasteiger partial charge on any atom is -0.382 e. The van der Waals surface area contributed by atoms with E-state index in [0.717, 1.165) is 43.2 Å². The van der Waals surface area contributed by atoms with Crippen LogP contribution in [0.15, 0.2) is 12.1 Å². The monoisotopic (exact) mass is 317 g/mol. The summed E-state index contributed by atoms with van der Waals surface area (Å²) in [7, 11) is 1.70. The van der Waals surface area contributed by atoms with Crippen LogP contribution in [0, 0.1) is 0 Å². The predicted octanol–water partition coefficient (Wildman–Crippen LogP) is 1.63. The lowest BCUT2D eigenvalue weighted by atomic mass is 10.1. The van der Waals surface area contributed by atoms with Crippen molar-refractivity contribution in [2.24, 2.45) is 0 Å². The third kappa shape index (κ3) is 3.16. The van der Waals surface area contributed by atoms with Crippen LogP contribution in [-0.4, -0.2) is 59.3 Å². The fourth-order valence-electron chi connectivity index (χ4n) is 3.11. The number of piperidine rings is 1. The molecular weight excluding hydrogens is 294 g/mol. The number of anilines is 1. The van der Waals surface area contributed by atoms with Gasteiger partial charge < -0.3 is 14.4 Å². The van der Waals surface area contributed by atoms with E-state index in [9.17, 15) is 0 Å². The van der Waals surface area contributed by atoms with Crippen LogP contribution >= 0.6 is 0 Å². The fourth-order valence-corrected chi connectivity index (χ4v) is 3.11. The summed E-state index contributed by atoms with van der Waals surface area (Å²) >= 11 is 0. The summed E-state index contributed by atoms with van der Waals surface area (Å²) in [5.41, 5.74) is 0.841. The van der Waals surface area contributed by atoms with Crippen molar-refractivity contribution >= 4 is 11.5 Å². The molecule has 1 aliphatic carbocycles. The molecule has 3 heterocycles. The molecule has 1 saturated carbocycles. The maximum absolute atomic E-state index is 5.83. The van der Waals surface area contributed by atoms with Crippen LogP contribution in [0.4, 0.5) is 5.82 Å². The summed E-state index contributed by atoms with van der Waals surface area (Å²) in [6.07, 6.45) is 4.80. The highest BCUT2D eigenvalue weighted by atomic mass is 16.5. The lowest BCUT2D eigenvalue weighted by Gasteiger charge is -2.32. The quantitative estimate of drug-likeness (QED) is 0.755. The van der Waals surface area contributed by atoms with Gasteiger partial charge >= 0.3 is 0 Å². The Labute approximate surface area is 135 Å². The van der Waals surface area contributed by atoms with E-state index in [4.69, 9.17) is 14.6 Å². The molecule has 0 aromatic carbocycles. The van der Waals surface area contributed by atoms with Gasteiger partial charge in [-0.1, -0.05) is 0 Å². The highest BCUT2D eigenvalue weighted by Crippen LogP contribution is 2.38. The van der Waals surface area contributed by atoms with Crippen LogP contribution < -0.4 is 4.90 Å². The average Bonchev–Trinajstić information content (AvgIpc) is 3.35. The van der Waals surface area contributed by atoms with E-state index in [1.54, 1.807) is 7.11 Å². The van der Waals surface area contributed by atoms with Gasteiger partial charge in [0.2, 0.25) is 0 Å². The van der Waals surface area contributed by atoms with Crippen LogP contribution in [-0.2, 0) is 9.47 Å². The van der Waals surface area contributed by atoms with Crippen molar-refractivity contribution in [2.45, 2.75) is 37.7 Å². The number of rotatable bonds is 6. The Morgan fingerprint density at radius 1 is 1.09 bits per heavy atom. The first-order valence-electron chi connectivity index (χ1n) is 8.43. The molecule has 0 bridgehead atoms. The Bertz CT molecular complexity index is 662. The van der Waals surface area contributed by atoms with Gasteiger partial charge in [-0.05, 0) is 37.8 Å². The molecule has 23 heavy (non-hydrogen) atoms. The van der Waals surface area contributed by atoms with Gasteiger partial charge in [0.25, 0.3) is 0 Å². The van der Waals surface area contributed by atoms with Crippen LogP contribution in [0.1, 0.15) is 37.4 Å². The maximum Gasteiger partial charge on any atom is 0.178 e. The molecule has 7 heteroatoms. The molecule has 0 spiro atoms. The van der Waals surface area contributed by atoms with Crippen LogP contribution in [0.3, 0.4) is 0 Å². The Kier molecular flexibility index (Phi) is 4.13. The Hall–Kier alpha value is -1.73. The second-order valence-corrected chi connectivity index (χ2v) is 6.34. The molecule has 0 amide bonds. The summed E-state index contributed by atoms with van der Waals surface area (Å²) in [6, 6.07) is 4.06. The summed E-state index contributed by atoms with van der Waals surface area (Å²) in [5.74, 6) is 2.57. The molecule has 0 N–H and O–H groups in total. The van der Waals surface area contributed by atoms with Gasteiger partial charge in [0.15, 0.2) is 11.5 Å². The maximum atomic E-state index is 5.83. The van der Waals surface area contributed by atoms with Crippen molar-refractivity contribution in [2.75, 3.05) is 38.3 Å². The van der Waals surface area contributed by atoms with Crippen molar-refractivity contribution in [3.63, 3.8) is 0 Å². The van der Waals surface area contributed by atoms with E-state index in [1.165, 1.54) is 12.8 Å². The van der Waals surface area contributed by atoms with Crippen molar-refractivity contribution in [3.05, 3.63) is 18.0 Å². The zero-order valence-corrected chi connectivity index (χ0v) is 13.5. The van der Waals surface area contributed by atoms with E-state index >= 15 is 0 Å². The number of ether oxygens (including phenoxy) is 2. The molecule has 2 aromatic heterocycles. The third-order valence-corrected chi connectivity index (χ3v) is 4.62. The topological polar surface area (TPSA) is 64.8 Å². The molecule has 0 unspecified atom stereocenters. The Balaban J connectivity index is 1.42. The zero-order chi connectivity index (χ0) is 15.6. The van der Waals surface area contributed by atoms with Crippen molar-refractivity contribution < 1.29 is 9.47 Å². The predicted molar refractivity (Wildman–Crippen MR) is 85.8 cm³/mol. The van der Waals surface area contributed by atoms with Gasteiger partial charge in [-0.15, -0.1) is 15.3 Å². The van der Waals surface area contributed by atoms with Crippen LogP contribution in [0.5, 0.6) is 0 Å². The summed E-state index contributed by atoms with van der Waals surface area (Å²) in [6.45, 7) is 3.28. The number of nitrogens with zero attached hydrogens (tertiary/aromatic N) is 5. The number of fused-ring (bicyclic) bond motifs is 1. The van der Waals surface area contributed by atoms with E-state index in [-0.39, 0.29) is 0 Å². The van der Waals surface area contributed by atoms with Crippen molar-refractivity contribution in [3.8, 4) is 0 Å². The lowest BCUT2D eigenvalue weighted by molar-refractivity contribution is 0.00603. The molecule has 2 aromatic rings. The summed E-state index contributed by atoms with van der Waals surface area (Å²) in [4.78, 5) is 2.33. The minimum absolute atomic E-state index is 0.335. The van der Waals surface area contributed by atoms with Gasteiger partial charge in [0, 0.05) is 26.1 Å². The van der Waals surface area contributed by atoms with Gasteiger partial charge in [-0.3, -0.25) is 0 Å². The Morgan fingerprint density at radius 3 is 2.65 bits per heavy atom. The molecule has 124 valence electrons. The number of hydrogen-bond acceptors (Lipinski definition) is 6. The van der Waals surface area contributed by atoms with Gasteiger partial charge in [-0.2, -0.15) is 4.52 Å². The van der Waals surface area contributed by atoms with Crippen molar-refractivity contribution in [1.82, 2.24) is 19.8 Å². The van der Waals surface area contributed by atoms with E-state index in [2.05, 4.69) is 15.1 Å². The molecule has 1 aliphatic heterocycles. The van der Waals surface area contributed by atoms with E-state index < -0.39 is 0 Å². The molecule has 7 nitrogen and oxygen atoms in total. The van der Waals surface area contributed by atoms with E-state index in [0.29, 0.717) is 25.2 Å². The standard InChI is InChI=1S/C16H23N5O2/c1-22-10-11-23-13-6-8-20(9-7-13)15-5-4-14-17-18-16(12-2-3-12)21(14)19-15/h4-5,12-13H,2-3,6-11H2,1H3. The Morgan fingerprint density at radius 2 is 1.91 bits per heavy atom. The highest BCUT2D eigenvalue weighted by molar-refractivity contribution is 5.46. The molecule has 2 fully saturated rings. The lowest BCUT2D eigenvalue weighted by Crippen LogP contribution is -2.38. The van der Waals surface area contributed by atoms with Crippen molar-refractivity contribution in [1.29, 1.82) is 0 Å². The van der Waals surface area contributed by atoms with Gasteiger partial charge in [0.1, 0.15) is 5.82 Å². The van der Waals surface area contributed by atoms with Crippen LogP contribution in [0.25, 0.3) is 5.65 Å². The molecule has 1 saturated heterocycles. The van der Waals surface area contributed by atoms with Crippen LogP contribution in [0.2, 0.25) is 0 Å². The smallest absolute Gasteiger partial charge is 0.178 e. The molecule has 2 aliphatic rings. The number of methoxy groups -OCH3 is 1. The summed E-state index contributed by atoms with van der Waals surface area (Å²) < 4.78 is 12.8. The minimum atomic E-state index is 0.335. The first kappa shape index (κ1) is 14.8. The SMILES string of the molecule is COCCOC1CCN(c2ccc3nnc(C4CC4)n3n2)CC1. The number of aromatic nitrogens is 4. The second kappa shape index (κ2) is 6.41. The zero-order valence-electron chi connectivity index (χ0n) is 13.5. The van der Waals surface area contributed by atoms with E-state index in [1.807, 2.05) is 16.6 Å². The summed E-state index contributed by atoms with van der Waals surface area (Å²) in [5, 5.41) is 13.3. The molecule has 0 atom stereocenters. The second-order valence-electron chi connectivity index (χ2n) is 6.34. The fraction of sp³-hybridized carbons (Fsp3) is 0.688. The first-order chi connectivity index (χ1) is 11.3. The molecule has 4 rings (SSSR count). The number of hydrogen-bond donors (Lipinski definition) is 0. The van der Waals surface area contributed by atoms with Gasteiger partial charge in [0.05, 0.1) is 19.3 Å². The highest BCUT2D eigenvalue weighted by Gasteiger charge is 2.29. The normalized spacial score (nSPS) is 19.6.